The van der Waals surface area contributed by atoms with Crippen molar-refractivity contribution in [2.75, 3.05) is 6.54 Å². The van der Waals surface area contributed by atoms with Crippen LogP contribution in [0.15, 0.2) is 23.1 Å². The van der Waals surface area contributed by atoms with E-state index in [2.05, 4.69) is 5.32 Å². The van der Waals surface area contributed by atoms with Gasteiger partial charge in [0.15, 0.2) is 0 Å². The summed E-state index contributed by atoms with van der Waals surface area (Å²) in [6.07, 6.45) is -0.723. The summed E-state index contributed by atoms with van der Waals surface area (Å²) in [5.74, 6) is -0.129. The lowest BCUT2D eigenvalue weighted by Crippen LogP contribution is -2.21. The molecule has 1 fully saturated rings. The highest BCUT2D eigenvalue weighted by Crippen LogP contribution is 2.30. The molecule has 0 bridgehead atoms. The Labute approximate surface area is 124 Å². The number of ether oxygens (including phenoxy) is 1. The van der Waals surface area contributed by atoms with Gasteiger partial charge in [-0.3, -0.25) is 4.55 Å². The number of hydrogen-bond donors (Lipinski definition) is 2. The SMILES string of the molecule is CC(C)c1cc(C(C)C2CNC(=O)O2)ccc1S(=O)(=O)O. The van der Waals surface area contributed by atoms with Gasteiger partial charge in [0.2, 0.25) is 0 Å². The van der Waals surface area contributed by atoms with E-state index in [9.17, 15) is 17.8 Å². The largest absolute Gasteiger partial charge is 0.444 e. The van der Waals surface area contributed by atoms with E-state index in [1.54, 1.807) is 12.1 Å². The van der Waals surface area contributed by atoms with Gasteiger partial charge in [0.1, 0.15) is 6.10 Å². The highest BCUT2D eigenvalue weighted by Gasteiger charge is 2.30. The minimum absolute atomic E-state index is 0.0571. The van der Waals surface area contributed by atoms with Crippen molar-refractivity contribution in [2.45, 2.75) is 43.6 Å². The first-order chi connectivity index (χ1) is 9.70. The molecule has 2 unspecified atom stereocenters. The molecule has 1 aromatic rings. The zero-order chi connectivity index (χ0) is 15.8. The lowest BCUT2D eigenvalue weighted by Gasteiger charge is -2.20. The van der Waals surface area contributed by atoms with Crippen LogP contribution in [0.3, 0.4) is 0 Å². The van der Waals surface area contributed by atoms with Gasteiger partial charge >= 0.3 is 6.09 Å². The van der Waals surface area contributed by atoms with E-state index in [0.29, 0.717) is 12.1 Å². The third kappa shape index (κ3) is 3.36. The van der Waals surface area contributed by atoms with Crippen LogP contribution < -0.4 is 5.32 Å². The first kappa shape index (κ1) is 15.8. The number of alkyl carbamates (subject to hydrolysis) is 1. The van der Waals surface area contributed by atoms with Crippen LogP contribution in [0.5, 0.6) is 0 Å². The predicted molar refractivity (Wildman–Crippen MR) is 77.0 cm³/mol. The number of cyclic esters (lactones) is 1. The summed E-state index contributed by atoms with van der Waals surface area (Å²) in [5.41, 5.74) is 1.42. The number of carbonyl (C=O) groups is 1. The van der Waals surface area contributed by atoms with Gasteiger partial charge in [0, 0.05) is 5.92 Å². The number of hydrogen-bond acceptors (Lipinski definition) is 4. The summed E-state index contributed by atoms with van der Waals surface area (Å²) in [4.78, 5) is 11.0. The Morgan fingerprint density at radius 1 is 1.33 bits per heavy atom. The van der Waals surface area contributed by atoms with Gasteiger partial charge in [0.05, 0.1) is 11.4 Å². The maximum absolute atomic E-state index is 11.4. The van der Waals surface area contributed by atoms with Crippen LogP contribution >= 0.6 is 0 Å². The number of nitrogens with one attached hydrogen (secondary N) is 1. The van der Waals surface area contributed by atoms with Gasteiger partial charge < -0.3 is 10.1 Å². The molecule has 2 N–H and O–H groups in total. The average molecular weight is 313 g/mol. The van der Waals surface area contributed by atoms with Crippen LogP contribution in [0.25, 0.3) is 0 Å². The highest BCUT2D eigenvalue weighted by atomic mass is 32.2. The summed E-state index contributed by atoms with van der Waals surface area (Å²) >= 11 is 0. The normalized spacial score (nSPS) is 20.2. The van der Waals surface area contributed by atoms with Crippen molar-refractivity contribution in [3.8, 4) is 0 Å². The molecular weight excluding hydrogens is 294 g/mol. The number of rotatable bonds is 4. The molecule has 1 heterocycles. The Kier molecular flexibility index (Phi) is 4.25. The van der Waals surface area contributed by atoms with E-state index in [1.807, 2.05) is 20.8 Å². The van der Waals surface area contributed by atoms with Crippen LogP contribution in [0.2, 0.25) is 0 Å². The molecule has 0 saturated carbocycles. The van der Waals surface area contributed by atoms with Crippen LogP contribution in [0.4, 0.5) is 4.79 Å². The lowest BCUT2D eigenvalue weighted by atomic mass is 9.91. The summed E-state index contributed by atoms with van der Waals surface area (Å²) < 4.78 is 37.3. The quantitative estimate of drug-likeness (QED) is 0.832. The molecule has 116 valence electrons. The van der Waals surface area contributed by atoms with E-state index >= 15 is 0 Å². The van der Waals surface area contributed by atoms with Gasteiger partial charge in [-0.2, -0.15) is 8.42 Å². The summed E-state index contributed by atoms with van der Waals surface area (Å²) in [6, 6.07) is 4.80. The molecule has 1 saturated heterocycles. The topological polar surface area (TPSA) is 92.7 Å². The fourth-order valence-corrected chi connectivity index (χ4v) is 3.27. The maximum atomic E-state index is 11.4. The third-order valence-electron chi connectivity index (χ3n) is 3.72. The molecule has 1 aliphatic rings. The fraction of sp³-hybridized carbons (Fsp3) is 0.500. The predicted octanol–water partition coefficient (Wildman–Crippen LogP) is 2.27. The first-order valence-corrected chi connectivity index (χ1v) is 8.20. The maximum Gasteiger partial charge on any atom is 0.407 e. The Morgan fingerprint density at radius 3 is 2.48 bits per heavy atom. The van der Waals surface area contributed by atoms with Crippen molar-refractivity contribution in [2.24, 2.45) is 0 Å². The summed E-state index contributed by atoms with van der Waals surface area (Å²) in [6.45, 7) is 6.06. The second-order valence-electron chi connectivity index (χ2n) is 5.54. The van der Waals surface area contributed by atoms with Gasteiger partial charge in [-0.1, -0.05) is 32.9 Å². The molecule has 0 aliphatic carbocycles. The van der Waals surface area contributed by atoms with Crippen molar-refractivity contribution < 1.29 is 22.5 Å². The van der Waals surface area contributed by atoms with Crippen molar-refractivity contribution in [1.82, 2.24) is 5.32 Å². The van der Waals surface area contributed by atoms with Crippen LogP contribution in [-0.2, 0) is 14.9 Å². The van der Waals surface area contributed by atoms with E-state index in [0.717, 1.165) is 5.56 Å². The standard InChI is InChI=1S/C14H19NO5S/c1-8(2)11-6-10(4-5-13(11)21(17,18)19)9(3)12-7-15-14(16)20-12/h4-6,8-9,12H,7H2,1-3H3,(H,15,16)(H,17,18,19). The molecule has 21 heavy (non-hydrogen) atoms. The Hall–Kier alpha value is -1.60. The lowest BCUT2D eigenvalue weighted by molar-refractivity contribution is 0.128. The molecule has 0 spiro atoms. The zero-order valence-corrected chi connectivity index (χ0v) is 13.0. The van der Waals surface area contributed by atoms with E-state index in [1.165, 1.54) is 6.07 Å². The smallest absolute Gasteiger partial charge is 0.407 e. The Balaban J connectivity index is 2.38. The molecule has 7 heteroatoms. The Morgan fingerprint density at radius 2 is 2.00 bits per heavy atom. The number of amides is 1. The molecular formula is C14H19NO5S. The first-order valence-electron chi connectivity index (χ1n) is 6.76. The van der Waals surface area contributed by atoms with Crippen LogP contribution in [0.1, 0.15) is 43.7 Å². The monoisotopic (exact) mass is 313 g/mol. The molecule has 2 rings (SSSR count). The minimum Gasteiger partial charge on any atom is -0.444 e. The van der Waals surface area contributed by atoms with Gasteiger partial charge in [-0.05, 0) is 23.1 Å². The highest BCUT2D eigenvalue weighted by molar-refractivity contribution is 7.85. The van der Waals surface area contributed by atoms with Crippen molar-refractivity contribution in [1.29, 1.82) is 0 Å². The fourth-order valence-electron chi connectivity index (χ4n) is 2.43. The van der Waals surface area contributed by atoms with Crippen molar-refractivity contribution in [3.63, 3.8) is 0 Å². The molecule has 1 aliphatic heterocycles. The second-order valence-corrected chi connectivity index (χ2v) is 6.93. The second kappa shape index (κ2) is 5.65. The van der Waals surface area contributed by atoms with Crippen molar-refractivity contribution >= 4 is 16.2 Å². The molecule has 0 aromatic heterocycles. The van der Waals surface area contributed by atoms with Crippen molar-refractivity contribution in [3.05, 3.63) is 29.3 Å². The third-order valence-corrected chi connectivity index (χ3v) is 4.65. The van der Waals surface area contributed by atoms with Gasteiger partial charge in [-0.25, -0.2) is 4.79 Å². The number of carbonyl (C=O) groups excluding carboxylic acids is 1. The van der Waals surface area contributed by atoms with E-state index in [-0.39, 0.29) is 22.8 Å². The molecule has 6 nitrogen and oxygen atoms in total. The van der Waals surface area contributed by atoms with E-state index in [4.69, 9.17) is 4.74 Å². The minimum atomic E-state index is -4.25. The van der Waals surface area contributed by atoms with Crippen LogP contribution in [-0.4, -0.2) is 31.7 Å². The van der Waals surface area contributed by atoms with Gasteiger partial charge in [0.25, 0.3) is 10.1 Å². The average Bonchev–Trinajstić information content (AvgIpc) is 2.82. The van der Waals surface area contributed by atoms with E-state index < -0.39 is 16.2 Å². The molecule has 2 atom stereocenters. The van der Waals surface area contributed by atoms with Crippen LogP contribution in [0, 0.1) is 0 Å². The molecule has 0 radical (unpaired) electrons. The molecule has 1 aromatic carbocycles. The molecule has 1 amide bonds. The number of benzene rings is 1. The zero-order valence-electron chi connectivity index (χ0n) is 12.2. The Bertz CT molecular complexity index is 653. The summed E-state index contributed by atoms with van der Waals surface area (Å²) in [7, 11) is -4.25. The summed E-state index contributed by atoms with van der Waals surface area (Å²) in [5, 5.41) is 2.60. The van der Waals surface area contributed by atoms with Gasteiger partial charge in [-0.15, -0.1) is 0 Å².